The number of ether oxygens (including phenoxy) is 2. The monoisotopic (exact) mass is 626 g/mol. The molecule has 0 atom stereocenters. The standard InChI is InChI=1S/C30H29F3N6O4S/c31-30(32,33)29(8-1-9-29)25-17-26(37-43-25)36-27(40)34-20-4-2-19(3-5-20)22-18-39-23-7-6-21(16-24(23)44-28(39)35-22)42-15-12-38-10-13-41-14-11-38/h2-7,16-18H,1,8-15H2,(H2,34,36,37,40). The summed E-state index contributed by atoms with van der Waals surface area (Å²) in [7, 11) is 0. The van der Waals surface area contributed by atoms with Crippen LogP contribution in [0.15, 0.2) is 59.3 Å². The van der Waals surface area contributed by atoms with Gasteiger partial charge in [-0.25, -0.2) is 9.78 Å². The summed E-state index contributed by atoms with van der Waals surface area (Å²) in [4.78, 5) is 20.5. The smallest absolute Gasteiger partial charge is 0.401 e. The summed E-state index contributed by atoms with van der Waals surface area (Å²) in [5.74, 6) is 0.466. The fraction of sp³-hybridized carbons (Fsp3) is 0.367. The Morgan fingerprint density at radius 2 is 1.86 bits per heavy atom. The summed E-state index contributed by atoms with van der Waals surface area (Å²) in [5.41, 5.74) is 1.15. The number of amides is 2. The van der Waals surface area contributed by atoms with E-state index in [2.05, 4.69) is 20.7 Å². The second-order valence-corrected chi connectivity index (χ2v) is 12.0. The molecule has 1 saturated carbocycles. The Morgan fingerprint density at radius 3 is 2.59 bits per heavy atom. The number of carbonyl (C=O) groups is 1. The zero-order valence-corrected chi connectivity index (χ0v) is 24.3. The van der Waals surface area contributed by atoms with Gasteiger partial charge in [0, 0.05) is 43.1 Å². The summed E-state index contributed by atoms with van der Waals surface area (Å²) in [6.45, 7) is 4.89. The van der Waals surface area contributed by atoms with Gasteiger partial charge in [-0.15, -0.1) is 0 Å². The molecule has 10 nitrogen and oxygen atoms in total. The topological polar surface area (TPSA) is 106 Å². The molecule has 230 valence electrons. The number of carbonyl (C=O) groups excluding carboxylic acids is 1. The molecule has 4 heterocycles. The van der Waals surface area contributed by atoms with Crippen LogP contribution in [0.25, 0.3) is 26.4 Å². The highest BCUT2D eigenvalue weighted by molar-refractivity contribution is 7.23. The van der Waals surface area contributed by atoms with Crippen molar-refractivity contribution in [1.82, 2.24) is 19.4 Å². The zero-order valence-electron chi connectivity index (χ0n) is 23.5. The number of rotatable bonds is 8. The normalized spacial score (nSPS) is 17.1. The summed E-state index contributed by atoms with van der Waals surface area (Å²) >= 11 is 1.58. The van der Waals surface area contributed by atoms with Crippen LogP contribution in [0.3, 0.4) is 0 Å². The summed E-state index contributed by atoms with van der Waals surface area (Å²) < 4.78 is 60.2. The molecule has 0 unspecified atom stereocenters. The fourth-order valence-corrected chi connectivity index (χ4v) is 6.63. The van der Waals surface area contributed by atoms with Gasteiger partial charge in [0.2, 0.25) is 0 Å². The Labute approximate surface area is 253 Å². The molecule has 44 heavy (non-hydrogen) atoms. The Bertz CT molecular complexity index is 1790. The Morgan fingerprint density at radius 1 is 1.07 bits per heavy atom. The van der Waals surface area contributed by atoms with Crippen molar-refractivity contribution < 1.29 is 32.0 Å². The van der Waals surface area contributed by atoms with Crippen molar-refractivity contribution in [2.24, 2.45) is 0 Å². The molecule has 0 bridgehead atoms. The second kappa shape index (κ2) is 11.4. The number of hydrogen-bond donors (Lipinski definition) is 2. The molecule has 5 aromatic rings. The molecular formula is C30H29F3N6O4S. The van der Waals surface area contributed by atoms with Gasteiger partial charge in [0.05, 0.1) is 29.1 Å². The highest BCUT2D eigenvalue weighted by Crippen LogP contribution is 2.54. The lowest BCUT2D eigenvalue weighted by molar-refractivity contribution is -0.218. The van der Waals surface area contributed by atoms with Gasteiger partial charge in [0.1, 0.15) is 17.8 Å². The van der Waals surface area contributed by atoms with Crippen molar-refractivity contribution in [2.75, 3.05) is 50.1 Å². The molecular weight excluding hydrogens is 597 g/mol. The van der Waals surface area contributed by atoms with Gasteiger partial charge < -0.3 is 19.3 Å². The number of morpholine rings is 1. The molecule has 14 heteroatoms. The van der Waals surface area contributed by atoms with Gasteiger partial charge in [-0.3, -0.25) is 14.6 Å². The molecule has 2 aliphatic rings. The molecule has 7 rings (SSSR count). The van der Waals surface area contributed by atoms with Crippen molar-refractivity contribution in [2.45, 2.75) is 30.9 Å². The van der Waals surface area contributed by atoms with Gasteiger partial charge in [-0.1, -0.05) is 35.0 Å². The lowest BCUT2D eigenvalue weighted by Gasteiger charge is -2.40. The minimum atomic E-state index is -4.44. The van der Waals surface area contributed by atoms with Crippen molar-refractivity contribution >= 4 is 44.1 Å². The third kappa shape index (κ3) is 5.48. The zero-order chi connectivity index (χ0) is 30.3. The predicted octanol–water partition coefficient (Wildman–Crippen LogP) is 6.54. The molecule has 1 aliphatic heterocycles. The number of hydrogen-bond acceptors (Lipinski definition) is 8. The van der Waals surface area contributed by atoms with Crippen LogP contribution < -0.4 is 15.4 Å². The number of alkyl halides is 3. The first-order valence-electron chi connectivity index (χ1n) is 14.3. The van der Waals surface area contributed by atoms with Crippen LogP contribution in [0.1, 0.15) is 25.0 Å². The van der Waals surface area contributed by atoms with E-state index in [1.54, 1.807) is 23.5 Å². The number of fused-ring (bicyclic) bond motifs is 3. The first-order valence-corrected chi connectivity index (χ1v) is 15.2. The van der Waals surface area contributed by atoms with E-state index in [9.17, 15) is 18.0 Å². The van der Waals surface area contributed by atoms with Crippen LogP contribution in [-0.4, -0.2) is 71.1 Å². The maximum atomic E-state index is 13.6. The highest BCUT2D eigenvalue weighted by Gasteiger charge is 2.61. The van der Waals surface area contributed by atoms with Crippen LogP contribution in [-0.2, 0) is 10.2 Å². The number of nitrogens with one attached hydrogen (secondary N) is 2. The molecule has 1 saturated heterocycles. The van der Waals surface area contributed by atoms with E-state index in [0.29, 0.717) is 18.7 Å². The maximum absolute atomic E-state index is 13.6. The van der Waals surface area contributed by atoms with Gasteiger partial charge in [0.15, 0.2) is 16.5 Å². The Balaban J connectivity index is 0.969. The van der Waals surface area contributed by atoms with E-state index in [4.69, 9.17) is 19.0 Å². The molecule has 2 N–H and O–H groups in total. The number of halogens is 3. The van der Waals surface area contributed by atoms with Crippen LogP contribution in [0.4, 0.5) is 29.5 Å². The van der Waals surface area contributed by atoms with E-state index in [-0.39, 0.29) is 24.4 Å². The predicted molar refractivity (Wildman–Crippen MR) is 159 cm³/mol. The van der Waals surface area contributed by atoms with E-state index in [1.807, 2.05) is 40.9 Å². The van der Waals surface area contributed by atoms with Crippen LogP contribution in [0.5, 0.6) is 5.75 Å². The first-order chi connectivity index (χ1) is 21.3. The average Bonchev–Trinajstić information content (AvgIpc) is 3.68. The van der Waals surface area contributed by atoms with Crippen LogP contribution >= 0.6 is 11.3 Å². The van der Waals surface area contributed by atoms with Gasteiger partial charge in [0.25, 0.3) is 0 Å². The van der Waals surface area contributed by atoms with Gasteiger partial charge in [-0.2, -0.15) is 13.2 Å². The molecule has 1 aliphatic carbocycles. The Kier molecular flexibility index (Phi) is 7.42. The lowest BCUT2D eigenvalue weighted by atomic mass is 9.66. The number of thiazole rings is 1. The minimum Gasteiger partial charge on any atom is -0.492 e. The summed E-state index contributed by atoms with van der Waals surface area (Å²) in [6.07, 6.45) is -2.12. The minimum absolute atomic E-state index is 0.0550. The van der Waals surface area contributed by atoms with Crippen molar-refractivity contribution in [3.8, 4) is 17.0 Å². The third-order valence-electron chi connectivity index (χ3n) is 8.26. The van der Waals surface area contributed by atoms with E-state index in [0.717, 1.165) is 71.1 Å². The fourth-order valence-electron chi connectivity index (χ4n) is 5.59. The second-order valence-electron chi connectivity index (χ2n) is 11.0. The van der Waals surface area contributed by atoms with E-state index in [1.165, 1.54) is 0 Å². The number of imidazole rings is 1. The number of nitrogens with zero attached hydrogens (tertiary/aromatic N) is 4. The molecule has 0 radical (unpaired) electrons. The number of benzene rings is 2. The van der Waals surface area contributed by atoms with Gasteiger partial charge >= 0.3 is 12.2 Å². The summed E-state index contributed by atoms with van der Waals surface area (Å²) in [5, 5.41) is 8.72. The molecule has 2 amide bonds. The number of anilines is 2. The quantitative estimate of drug-likeness (QED) is 0.201. The molecule has 2 aromatic carbocycles. The number of aromatic nitrogens is 3. The molecule has 2 fully saturated rings. The lowest BCUT2D eigenvalue weighted by Crippen LogP contribution is -2.47. The van der Waals surface area contributed by atoms with Crippen LogP contribution in [0, 0.1) is 0 Å². The molecule has 3 aromatic heterocycles. The van der Waals surface area contributed by atoms with Gasteiger partial charge in [-0.05, 0) is 43.2 Å². The molecule has 0 spiro atoms. The highest BCUT2D eigenvalue weighted by atomic mass is 32.1. The summed E-state index contributed by atoms with van der Waals surface area (Å²) in [6, 6.07) is 13.7. The van der Waals surface area contributed by atoms with Crippen molar-refractivity contribution in [3.05, 3.63) is 60.5 Å². The van der Waals surface area contributed by atoms with E-state index < -0.39 is 17.6 Å². The largest absolute Gasteiger partial charge is 0.492 e. The maximum Gasteiger partial charge on any atom is 0.401 e. The van der Waals surface area contributed by atoms with Crippen molar-refractivity contribution in [1.29, 1.82) is 0 Å². The Hall–Kier alpha value is -4.14. The van der Waals surface area contributed by atoms with Crippen molar-refractivity contribution in [3.63, 3.8) is 0 Å². The SMILES string of the molecule is O=C(Nc1ccc(-c2cn3c(n2)sc2cc(OCCN4CCOCC4)ccc23)cc1)Nc1cc(C2(C(F)(F)F)CCC2)on1. The van der Waals surface area contributed by atoms with E-state index >= 15 is 0 Å². The first kappa shape index (κ1) is 28.6. The average molecular weight is 627 g/mol. The third-order valence-corrected chi connectivity index (χ3v) is 9.27. The number of urea groups is 1. The van der Waals surface area contributed by atoms with Crippen LogP contribution in [0.2, 0.25) is 0 Å².